The first-order valence-corrected chi connectivity index (χ1v) is 8.49. The first-order chi connectivity index (χ1) is 11.4. The first kappa shape index (κ1) is 18.1. The van der Waals surface area contributed by atoms with Crippen LogP contribution in [0.5, 0.6) is 0 Å². The van der Waals surface area contributed by atoms with E-state index in [-0.39, 0.29) is 5.41 Å². The van der Waals surface area contributed by atoms with Gasteiger partial charge in [0, 0.05) is 5.41 Å². The van der Waals surface area contributed by atoms with Gasteiger partial charge >= 0.3 is 7.12 Å². The molecule has 1 aliphatic rings. The molecule has 0 unspecified atom stereocenters. The molecule has 0 N–H and O–H groups in total. The monoisotopic (exact) mass is 345 g/mol. The van der Waals surface area contributed by atoms with Gasteiger partial charge in [-0.1, -0.05) is 20.8 Å². The Hall–Kier alpha value is -1.73. The molecule has 0 atom stereocenters. The topological polar surface area (TPSA) is 48.7 Å². The number of halogens is 1. The minimum Gasteiger partial charge on any atom is -0.398 e. The summed E-state index contributed by atoms with van der Waals surface area (Å²) < 4.78 is 27.7. The van der Waals surface area contributed by atoms with Gasteiger partial charge in [-0.15, -0.1) is 0 Å². The van der Waals surface area contributed by atoms with Crippen LogP contribution in [0.3, 0.4) is 0 Å². The van der Waals surface area contributed by atoms with Crippen LogP contribution < -0.4 is 0 Å². The lowest BCUT2D eigenvalue weighted by atomic mass is 9.87. The normalized spacial score (nSPS) is 20.5. The van der Waals surface area contributed by atoms with Gasteiger partial charge in [0.25, 0.3) is 0 Å². The number of nitrogens with zero attached hydrogens (tertiary/aromatic N) is 3. The van der Waals surface area contributed by atoms with Crippen molar-refractivity contribution < 1.29 is 13.7 Å². The maximum atomic E-state index is 14.6. The average molecular weight is 345 g/mol. The fourth-order valence-electron chi connectivity index (χ4n) is 2.50. The minimum absolute atomic E-state index is 0.0718. The van der Waals surface area contributed by atoms with E-state index in [0.717, 1.165) is 11.3 Å². The zero-order chi connectivity index (χ0) is 18.6. The van der Waals surface area contributed by atoms with E-state index in [1.807, 2.05) is 40.0 Å². The van der Waals surface area contributed by atoms with Crippen LogP contribution in [0.1, 0.15) is 59.9 Å². The lowest BCUT2D eigenvalue weighted by molar-refractivity contribution is 0.00578. The molecule has 2 aromatic heterocycles. The quantitative estimate of drug-likeness (QED) is 0.773. The Morgan fingerprint density at radius 2 is 1.76 bits per heavy atom. The Morgan fingerprint density at radius 3 is 2.32 bits per heavy atom. The van der Waals surface area contributed by atoms with Crippen molar-refractivity contribution in [3.8, 4) is 0 Å². The second kappa shape index (κ2) is 5.64. The molecule has 1 fully saturated rings. The van der Waals surface area contributed by atoms with Gasteiger partial charge in [-0.25, -0.2) is 13.9 Å². The number of aromatic nitrogens is 3. The van der Waals surface area contributed by atoms with E-state index in [0.29, 0.717) is 5.69 Å². The van der Waals surface area contributed by atoms with Crippen molar-refractivity contribution in [2.45, 2.75) is 65.1 Å². The van der Waals surface area contributed by atoms with Crippen molar-refractivity contribution in [2.24, 2.45) is 0 Å². The molecule has 0 spiro atoms. The number of imidazole rings is 1. The summed E-state index contributed by atoms with van der Waals surface area (Å²) in [5, 5.41) is 4.42. The van der Waals surface area contributed by atoms with Crippen molar-refractivity contribution in [3.05, 3.63) is 35.4 Å². The summed E-state index contributed by atoms with van der Waals surface area (Å²) in [6, 6.07) is 3.56. The highest BCUT2D eigenvalue weighted by atomic mass is 19.1. The zero-order valence-electron chi connectivity index (χ0n) is 15.9. The van der Waals surface area contributed by atoms with Crippen LogP contribution in [-0.4, -0.2) is 32.9 Å². The van der Waals surface area contributed by atoms with Gasteiger partial charge < -0.3 is 9.31 Å². The lowest BCUT2D eigenvalue weighted by Crippen LogP contribution is -2.41. The van der Waals surface area contributed by atoms with E-state index in [1.165, 1.54) is 6.08 Å². The summed E-state index contributed by atoms with van der Waals surface area (Å²) in [4.78, 5) is 4.56. The first-order valence-electron chi connectivity index (χ1n) is 8.49. The van der Waals surface area contributed by atoms with Gasteiger partial charge in [0.1, 0.15) is 5.73 Å². The second-order valence-electron chi connectivity index (χ2n) is 8.55. The maximum absolute atomic E-state index is 14.6. The molecule has 1 saturated heterocycles. The molecule has 7 heteroatoms. The molecule has 0 amide bonds. The van der Waals surface area contributed by atoms with E-state index in [9.17, 15) is 4.39 Å². The lowest BCUT2D eigenvalue weighted by Gasteiger charge is -2.32. The highest BCUT2D eigenvalue weighted by Crippen LogP contribution is 2.39. The summed E-state index contributed by atoms with van der Waals surface area (Å²) in [5.74, 6) is 0. The van der Waals surface area contributed by atoms with Crippen LogP contribution in [0.2, 0.25) is 0 Å². The Morgan fingerprint density at radius 1 is 1.16 bits per heavy atom. The minimum atomic E-state index is -1.02. The summed E-state index contributed by atoms with van der Waals surface area (Å²) >= 11 is 0. The van der Waals surface area contributed by atoms with Crippen LogP contribution in [0, 0.1) is 0 Å². The number of hydrogen-bond donors (Lipinski definition) is 0. The Kier molecular flexibility index (Phi) is 4.08. The maximum Gasteiger partial charge on any atom is 0.525 e. The Balaban J connectivity index is 1.88. The molecule has 3 rings (SSSR count). The third kappa shape index (κ3) is 3.35. The summed E-state index contributed by atoms with van der Waals surface area (Å²) in [6.07, 6.45) is 3.22. The Labute approximate surface area is 148 Å². The van der Waals surface area contributed by atoms with E-state index >= 15 is 0 Å². The van der Waals surface area contributed by atoms with Crippen molar-refractivity contribution in [2.75, 3.05) is 0 Å². The second-order valence-corrected chi connectivity index (χ2v) is 8.55. The highest BCUT2D eigenvalue weighted by molar-refractivity contribution is 6.54. The molecular weight excluding hydrogens is 320 g/mol. The molecule has 134 valence electrons. The van der Waals surface area contributed by atoms with E-state index in [4.69, 9.17) is 9.31 Å². The van der Waals surface area contributed by atoms with E-state index in [2.05, 4.69) is 30.9 Å². The van der Waals surface area contributed by atoms with E-state index < -0.39 is 24.0 Å². The molecular formula is C18H25BFN3O2. The largest absolute Gasteiger partial charge is 0.525 e. The highest BCUT2D eigenvalue weighted by Gasteiger charge is 2.53. The average Bonchev–Trinajstić information content (AvgIpc) is 2.97. The van der Waals surface area contributed by atoms with E-state index in [1.54, 1.807) is 10.6 Å². The molecule has 2 aromatic rings. The number of fused-ring (bicyclic) bond motifs is 1. The van der Waals surface area contributed by atoms with Crippen LogP contribution in [0.25, 0.3) is 11.7 Å². The molecule has 0 aromatic carbocycles. The van der Waals surface area contributed by atoms with Crippen molar-refractivity contribution in [3.63, 3.8) is 0 Å². The van der Waals surface area contributed by atoms with Crippen LogP contribution in [0.4, 0.5) is 4.39 Å². The third-order valence-corrected chi connectivity index (χ3v) is 4.87. The third-order valence-electron chi connectivity index (χ3n) is 4.87. The fraction of sp³-hybridized carbons (Fsp3) is 0.556. The van der Waals surface area contributed by atoms with Crippen LogP contribution in [0.15, 0.2) is 24.1 Å². The molecule has 1 aliphatic heterocycles. The SMILES string of the molecule is CC(C)(C)c1cn2nc(C=C(F)B3OC(C)(C)C(C)(C)O3)ccc2n1. The van der Waals surface area contributed by atoms with Crippen molar-refractivity contribution >= 4 is 18.8 Å². The van der Waals surface area contributed by atoms with Crippen molar-refractivity contribution in [1.82, 2.24) is 14.6 Å². The van der Waals surface area contributed by atoms with Gasteiger partial charge in [0.2, 0.25) is 0 Å². The molecule has 0 bridgehead atoms. The van der Waals surface area contributed by atoms with Gasteiger partial charge in [0.05, 0.1) is 28.8 Å². The predicted octanol–water partition coefficient (Wildman–Crippen LogP) is 3.97. The predicted molar refractivity (Wildman–Crippen MR) is 96.9 cm³/mol. The summed E-state index contributed by atoms with van der Waals surface area (Å²) in [5.41, 5.74) is 0.431. The molecule has 0 radical (unpaired) electrons. The summed E-state index contributed by atoms with van der Waals surface area (Å²) in [7, 11) is -1.02. The standard InChI is InChI=1S/C18H25BFN3O2/c1-16(2,3)13-11-23-15(21-13)9-8-12(22-23)10-14(20)19-24-17(4,5)18(6,7)25-19/h8-11H,1-7H3. The van der Waals surface area contributed by atoms with Gasteiger partial charge in [-0.3, -0.25) is 0 Å². The molecule has 25 heavy (non-hydrogen) atoms. The van der Waals surface area contributed by atoms with Gasteiger partial charge in [0.15, 0.2) is 5.65 Å². The number of hydrogen-bond acceptors (Lipinski definition) is 4. The van der Waals surface area contributed by atoms with Crippen LogP contribution in [-0.2, 0) is 14.7 Å². The molecule has 3 heterocycles. The molecule has 0 saturated carbocycles. The summed E-state index contributed by atoms with van der Waals surface area (Å²) in [6.45, 7) is 13.8. The molecule has 0 aliphatic carbocycles. The smallest absolute Gasteiger partial charge is 0.398 e. The number of rotatable bonds is 2. The van der Waals surface area contributed by atoms with Gasteiger partial charge in [-0.05, 0) is 45.9 Å². The zero-order valence-corrected chi connectivity index (χ0v) is 15.9. The van der Waals surface area contributed by atoms with Crippen molar-refractivity contribution in [1.29, 1.82) is 0 Å². The Bertz CT molecular complexity index is 820. The molecule has 5 nitrogen and oxygen atoms in total. The van der Waals surface area contributed by atoms with Crippen LogP contribution >= 0.6 is 0 Å². The fourth-order valence-corrected chi connectivity index (χ4v) is 2.50. The van der Waals surface area contributed by atoms with Gasteiger partial charge in [-0.2, -0.15) is 5.10 Å².